The first-order valence-electron chi connectivity index (χ1n) is 9.24. The molecule has 138 valence electrons. The van der Waals surface area contributed by atoms with Crippen molar-refractivity contribution in [2.75, 3.05) is 51.8 Å². The fraction of sp³-hybridized carbons (Fsp3) is 0.650. The third kappa shape index (κ3) is 3.67. The molecule has 3 rings (SSSR count). The van der Waals surface area contributed by atoms with E-state index in [1.807, 2.05) is 17.0 Å². The first-order chi connectivity index (χ1) is 11.8. The lowest BCUT2D eigenvalue weighted by Gasteiger charge is -2.47. The van der Waals surface area contributed by atoms with Crippen molar-refractivity contribution in [3.63, 3.8) is 0 Å². The summed E-state index contributed by atoms with van der Waals surface area (Å²) in [6.07, 6.45) is 0.960. The van der Waals surface area contributed by atoms with Crippen LogP contribution >= 0.6 is 0 Å². The van der Waals surface area contributed by atoms with E-state index in [9.17, 15) is 4.79 Å². The summed E-state index contributed by atoms with van der Waals surface area (Å²) in [6, 6.07) is 6.10. The van der Waals surface area contributed by atoms with Gasteiger partial charge in [0.15, 0.2) is 0 Å². The second-order valence-corrected chi connectivity index (χ2v) is 8.15. The third-order valence-corrected chi connectivity index (χ3v) is 5.62. The van der Waals surface area contributed by atoms with Crippen molar-refractivity contribution in [3.8, 4) is 5.75 Å². The zero-order valence-electron chi connectivity index (χ0n) is 16.2. The van der Waals surface area contributed by atoms with Gasteiger partial charge in [0, 0.05) is 37.4 Å². The number of piperazine rings is 1. The Hall–Kier alpha value is -1.59. The Labute approximate surface area is 151 Å². The molecule has 0 bridgehead atoms. The lowest BCUT2D eigenvalue weighted by Crippen LogP contribution is -2.56. The number of hydrogen-bond acceptors (Lipinski definition) is 4. The molecule has 2 aliphatic heterocycles. The number of hydrogen-bond donors (Lipinski definition) is 0. The average molecular weight is 345 g/mol. The van der Waals surface area contributed by atoms with Crippen LogP contribution in [0.25, 0.3) is 0 Å². The minimum absolute atomic E-state index is 0.176. The maximum absolute atomic E-state index is 13.2. The molecule has 0 aliphatic carbocycles. The Morgan fingerprint density at radius 1 is 1.24 bits per heavy atom. The maximum Gasteiger partial charge on any atom is 0.241 e. The van der Waals surface area contributed by atoms with Crippen LogP contribution in [0.2, 0.25) is 0 Å². The van der Waals surface area contributed by atoms with E-state index in [1.165, 1.54) is 5.56 Å². The van der Waals surface area contributed by atoms with Crippen LogP contribution in [0.3, 0.4) is 0 Å². The monoisotopic (exact) mass is 345 g/mol. The van der Waals surface area contributed by atoms with Crippen molar-refractivity contribution in [2.24, 2.45) is 0 Å². The number of carbonyl (C=O) groups excluding carboxylic acids is 1. The SMILES string of the molecule is COc1ccc2c(c1)[C@H](C)CC(C)(C)N2C(=O)CN1CCN(C)CC1. The number of ether oxygens (including phenoxy) is 1. The standard InChI is InChI=1S/C20H31N3O2/c1-15-13-20(2,3)23(18-7-6-16(25-5)12-17(15)18)19(24)14-22-10-8-21(4)9-11-22/h6-7,12,15H,8-11,13-14H2,1-5H3/t15-/m1/s1. The Balaban J connectivity index is 1.86. The molecule has 5 heteroatoms. The second kappa shape index (κ2) is 6.96. The molecule has 0 saturated carbocycles. The summed E-state index contributed by atoms with van der Waals surface area (Å²) in [6.45, 7) is 11.1. The molecule has 1 fully saturated rings. The fourth-order valence-corrected chi connectivity index (χ4v) is 4.27. The summed E-state index contributed by atoms with van der Waals surface area (Å²) in [5.74, 6) is 1.47. The molecule has 2 aliphatic rings. The second-order valence-electron chi connectivity index (χ2n) is 8.15. The van der Waals surface area contributed by atoms with E-state index >= 15 is 0 Å². The van der Waals surface area contributed by atoms with Crippen LogP contribution in [0.4, 0.5) is 5.69 Å². The molecule has 1 aromatic carbocycles. The van der Waals surface area contributed by atoms with Gasteiger partial charge in [-0.2, -0.15) is 0 Å². The predicted octanol–water partition coefficient (Wildman–Crippen LogP) is 2.56. The Morgan fingerprint density at radius 3 is 2.56 bits per heavy atom. The van der Waals surface area contributed by atoms with Gasteiger partial charge in [0.1, 0.15) is 5.75 Å². The van der Waals surface area contributed by atoms with Gasteiger partial charge >= 0.3 is 0 Å². The fourth-order valence-electron chi connectivity index (χ4n) is 4.27. The first kappa shape index (κ1) is 18.2. The lowest BCUT2D eigenvalue weighted by atomic mass is 9.80. The predicted molar refractivity (Wildman–Crippen MR) is 102 cm³/mol. The molecule has 5 nitrogen and oxygen atoms in total. The maximum atomic E-state index is 13.2. The molecule has 0 spiro atoms. The summed E-state index contributed by atoms with van der Waals surface area (Å²) in [5, 5.41) is 0. The molecule has 1 saturated heterocycles. The van der Waals surface area contributed by atoms with Crippen molar-refractivity contribution in [2.45, 2.75) is 38.6 Å². The quantitative estimate of drug-likeness (QED) is 0.844. The molecular weight excluding hydrogens is 314 g/mol. The highest BCUT2D eigenvalue weighted by Gasteiger charge is 2.40. The molecule has 0 unspecified atom stereocenters. The number of benzene rings is 1. The van der Waals surface area contributed by atoms with E-state index in [0.717, 1.165) is 44.0 Å². The number of likely N-dealkylation sites (N-methyl/N-ethyl adjacent to an activating group) is 1. The van der Waals surface area contributed by atoms with Crippen LogP contribution < -0.4 is 9.64 Å². The van der Waals surface area contributed by atoms with Gasteiger partial charge in [-0.3, -0.25) is 9.69 Å². The van der Waals surface area contributed by atoms with Gasteiger partial charge in [-0.25, -0.2) is 0 Å². The lowest BCUT2D eigenvalue weighted by molar-refractivity contribution is -0.121. The number of nitrogens with zero attached hydrogens (tertiary/aromatic N) is 3. The third-order valence-electron chi connectivity index (χ3n) is 5.62. The highest BCUT2D eigenvalue weighted by Crippen LogP contribution is 2.44. The highest BCUT2D eigenvalue weighted by atomic mass is 16.5. The molecule has 0 aromatic heterocycles. The van der Waals surface area contributed by atoms with Gasteiger partial charge in [0.25, 0.3) is 0 Å². The van der Waals surface area contributed by atoms with E-state index in [-0.39, 0.29) is 11.4 Å². The van der Waals surface area contributed by atoms with Crippen molar-refractivity contribution in [1.29, 1.82) is 0 Å². The van der Waals surface area contributed by atoms with Gasteiger partial charge < -0.3 is 14.5 Å². The van der Waals surface area contributed by atoms with Gasteiger partial charge in [-0.15, -0.1) is 0 Å². The molecule has 1 atom stereocenters. The normalized spacial score (nSPS) is 24.0. The van der Waals surface area contributed by atoms with Crippen LogP contribution in [0.15, 0.2) is 18.2 Å². The number of anilines is 1. The summed E-state index contributed by atoms with van der Waals surface area (Å²) in [5.41, 5.74) is 2.08. The highest BCUT2D eigenvalue weighted by molar-refractivity contribution is 5.97. The topological polar surface area (TPSA) is 36.0 Å². The molecule has 0 N–H and O–H groups in total. The van der Waals surface area contributed by atoms with Crippen molar-refractivity contribution < 1.29 is 9.53 Å². The summed E-state index contributed by atoms with van der Waals surface area (Å²) in [7, 11) is 3.83. The number of amides is 1. The molecule has 25 heavy (non-hydrogen) atoms. The minimum atomic E-state index is -0.176. The molecule has 1 aromatic rings. The Kier molecular flexibility index (Phi) is 5.07. The van der Waals surface area contributed by atoms with E-state index in [0.29, 0.717) is 12.5 Å². The Bertz CT molecular complexity index is 636. The number of fused-ring (bicyclic) bond motifs is 1. The van der Waals surface area contributed by atoms with Gasteiger partial charge in [0.2, 0.25) is 5.91 Å². The van der Waals surface area contributed by atoms with Gasteiger partial charge in [-0.05, 0) is 57.0 Å². The van der Waals surface area contributed by atoms with Crippen LogP contribution in [0.5, 0.6) is 5.75 Å². The van der Waals surface area contributed by atoms with E-state index < -0.39 is 0 Å². The summed E-state index contributed by atoms with van der Waals surface area (Å²) >= 11 is 0. The molecular formula is C20H31N3O2. The number of methoxy groups -OCH3 is 1. The molecule has 0 radical (unpaired) electrons. The zero-order valence-corrected chi connectivity index (χ0v) is 16.2. The van der Waals surface area contributed by atoms with E-state index in [4.69, 9.17) is 4.74 Å². The zero-order chi connectivity index (χ0) is 18.2. The van der Waals surface area contributed by atoms with E-state index in [2.05, 4.69) is 43.7 Å². The number of rotatable bonds is 3. The van der Waals surface area contributed by atoms with Gasteiger partial charge in [0.05, 0.1) is 13.7 Å². The van der Waals surface area contributed by atoms with Crippen molar-refractivity contribution in [3.05, 3.63) is 23.8 Å². The average Bonchev–Trinajstić information content (AvgIpc) is 2.56. The summed E-state index contributed by atoms with van der Waals surface area (Å²) in [4.78, 5) is 19.8. The minimum Gasteiger partial charge on any atom is -0.497 e. The summed E-state index contributed by atoms with van der Waals surface area (Å²) < 4.78 is 5.39. The van der Waals surface area contributed by atoms with Crippen molar-refractivity contribution >= 4 is 11.6 Å². The van der Waals surface area contributed by atoms with E-state index in [1.54, 1.807) is 7.11 Å². The molecule has 1 amide bonds. The van der Waals surface area contributed by atoms with Crippen LogP contribution in [-0.4, -0.2) is 68.1 Å². The van der Waals surface area contributed by atoms with Crippen LogP contribution in [0, 0.1) is 0 Å². The first-order valence-corrected chi connectivity index (χ1v) is 9.24. The van der Waals surface area contributed by atoms with Crippen molar-refractivity contribution in [1.82, 2.24) is 9.80 Å². The van der Waals surface area contributed by atoms with Crippen LogP contribution in [-0.2, 0) is 4.79 Å². The Morgan fingerprint density at radius 2 is 1.92 bits per heavy atom. The largest absolute Gasteiger partial charge is 0.497 e. The number of carbonyl (C=O) groups is 1. The molecule has 2 heterocycles. The van der Waals surface area contributed by atoms with Gasteiger partial charge in [-0.1, -0.05) is 6.92 Å². The smallest absolute Gasteiger partial charge is 0.241 e. The van der Waals surface area contributed by atoms with Crippen LogP contribution in [0.1, 0.15) is 38.7 Å².